The molecule has 0 aliphatic carbocycles. The van der Waals surface area contributed by atoms with Crippen LogP contribution in [0.1, 0.15) is 11.7 Å². The minimum Gasteiger partial charge on any atom is -0.387 e. The van der Waals surface area contributed by atoms with Gasteiger partial charge in [-0.25, -0.2) is 0 Å². The first-order valence-corrected chi connectivity index (χ1v) is 5.26. The van der Waals surface area contributed by atoms with Crippen molar-refractivity contribution in [2.24, 2.45) is 0 Å². The molecule has 0 unspecified atom stereocenters. The van der Waals surface area contributed by atoms with Crippen LogP contribution in [0.5, 0.6) is 0 Å². The van der Waals surface area contributed by atoms with Crippen molar-refractivity contribution in [3.8, 4) is 0 Å². The molecule has 1 aromatic rings. The Kier molecular flexibility index (Phi) is 4.52. The Hall–Kier alpha value is -1.13. The topological polar surface area (TPSA) is 49.3 Å². The molecule has 0 aliphatic heterocycles. The predicted molar refractivity (Wildman–Crippen MR) is 62.3 cm³/mol. The molecule has 1 atom stereocenters. The summed E-state index contributed by atoms with van der Waals surface area (Å²) in [6, 6.07) is 7.32. The molecule has 0 saturated carbocycles. The standard InChI is InChI=1S/C11H12BrNO2/c1-2-11(15)13-7-10(14)8-4-3-5-9(12)6-8/h2-6,10,14H,1,7H2,(H,13,15)/t10-/m0/s1. The molecule has 15 heavy (non-hydrogen) atoms. The van der Waals surface area contributed by atoms with Crippen LogP contribution in [-0.4, -0.2) is 17.6 Å². The summed E-state index contributed by atoms with van der Waals surface area (Å²) in [4.78, 5) is 10.9. The van der Waals surface area contributed by atoms with E-state index in [0.29, 0.717) is 0 Å². The Morgan fingerprint density at radius 3 is 3.00 bits per heavy atom. The second-order valence-corrected chi connectivity index (χ2v) is 3.94. The van der Waals surface area contributed by atoms with Gasteiger partial charge in [-0.1, -0.05) is 34.6 Å². The molecule has 0 aromatic heterocycles. The van der Waals surface area contributed by atoms with E-state index in [9.17, 15) is 9.90 Å². The average Bonchev–Trinajstić information content (AvgIpc) is 2.25. The SMILES string of the molecule is C=CC(=O)NC[C@H](O)c1cccc(Br)c1. The summed E-state index contributed by atoms with van der Waals surface area (Å²) in [5, 5.41) is 12.2. The molecule has 1 rings (SSSR count). The van der Waals surface area contributed by atoms with Gasteiger partial charge < -0.3 is 10.4 Å². The maximum absolute atomic E-state index is 10.9. The molecule has 0 spiro atoms. The van der Waals surface area contributed by atoms with Crippen molar-refractivity contribution in [2.45, 2.75) is 6.10 Å². The number of benzene rings is 1. The van der Waals surface area contributed by atoms with Crippen molar-refractivity contribution in [2.75, 3.05) is 6.54 Å². The van der Waals surface area contributed by atoms with Gasteiger partial charge in [0.15, 0.2) is 0 Å². The van der Waals surface area contributed by atoms with Gasteiger partial charge in [0.05, 0.1) is 6.10 Å². The van der Waals surface area contributed by atoms with Gasteiger partial charge in [0.1, 0.15) is 0 Å². The lowest BCUT2D eigenvalue weighted by atomic mass is 10.1. The number of carbonyl (C=O) groups is 1. The van der Waals surface area contributed by atoms with Gasteiger partial charge in [0.2, 0.25) is 5.91 Å². The highest BCUT2D eigenvalue weighted by atomic mass is 79.9. The molecule has 2 N–H and O–H groups in total. The van der Waals surface area contributed by atoms with E-state index in [1.165, 1.54) is 6.08 Å². The first kappa shape index (κ1) is 11.9. The van der Waals surface area contributed by atoms with Crippen LogP contribution in [-0.2, 0) is 4.79 Å². The molecule has 0 radical (unpaired) electrons. The third kappa shape index (κ3) is 3.85. The minimum absolute atomic E-state index is 0.182. The minimum atomic E-state index is -0.702. The van der Waals surface area contributed by atoms with E-state index < -0.39 is 6.10 Å². The lowest BCUT2D eigenvalue weighted by Gasteiger charge is -2.11. The number of halogens is 1. The Balaban J connectivity index is 2.57. The van der Waals surface area contributed by atoms with Crippen molar-refractivity contribution in [1.82, 2.24) is 5.32 Å². The van der Waals surface area contributed by atoms with Gasteiger partial charge >= 0.3 is 0 Å². The van der Waals surface area contributed by atoms with Gasteiger partial charge in [0.25, 0.3) is 0 Å². The van der Waals surface area contributed by atoms with Crippen LogP contribution in [0, 0.1) is 0 Å². The zero-order valence-corrected chi connectivity index (χ0v) is 9.70. The van der Waals surface area contributed by atoms with Gasteiger partial charge in [-0.05, 0) is 23.8 Å². The molecule has 0 bridgehead atoms. The zero-order valence-electron chi connectivity index (χ0n) is 8.11. The number of nitrogens with one attached hydrogen (secondary N) is 1. The second-order valence-electron chi connectivity index (χ2n) is 3.02. The van der Waals surface area contributed by atoms with E-state index in [1.807, 2.05) is 18.2 Å². The van der Waals surface area contributed by atoms with E-state index in [2.05, 4.69) is 27.8 Å². The van der Waals surface area contributed by atoms with Gasteiger partial charge in [-0.15, -0.1) is 0 Å². The zero-order chi connectivity index (χ0) is 11.3. The highest BCUT2D eigenvalue weighted by Crippen LogP contribution is 2.17. The molecule has 0 heterocycles. The summed E-state index contributed by atoms with van der Waals surface area (Å²) in [7, 11) is 0. The van der Waals surface area contributed by atoms with Crippen LogP contribution in [0.25, 0.3) is 0 Å². The largest absolute Gasteiger partial charge is 0.387 e. The highest BCUT2D eigenvalue weighted by Gasteiger charge is 2.07. The number of aliphatic hydroxyl groups is 1. The summed E-state index contributed by atoms with van der Waals surface area (Å²) in [5.74, 6) is -0.288. The van der Waals surface area contributed by atoms with Crippen molar-refractivity contribution < 1.29 is 9.90 Å². The molecule has 4 heteroatoms. The normalized spacial score (nSPS) is 11.9. The quantitative estimate of drug-likeness (QED) is 0.819. The van der Waals surface area contributed by atoms with E-state index >= 15 is 0 Å². The predicted octanol–water partition coefficient (Wildman–Crippen LogP) is 1.78. The summed E-state index contributed by atoms with van der Waals surface area (Å²) in [6.07, 6.45) is 0.472. The summed E-state index contributed by atoms with van der Waals surface area (Å²) in [5.41, 5.74) is 0.758. The number of amides is 1. The Bertz CT molecular complexity index is 365. The van der Waals surface area contributed by atoms with Crippen molar-refractivity contribution in [3.05, 3.63) is 47.0 Å². The number of carbonyl (C=O) groups excluding carboxylic acids is 1. The Morgan fingerprint density at radius 2 is 2.40 bits per heavy atom. The monoisotopic (exact) mass is 269 g/mol. The molecule has 0 aliphatic rings. The van der Waals surface area contributed by atoms with Crippen LogP contribution in [0.15, 0.2) is 41.4 Å². The fourth-order valence-corrected chi connectivity index (χ4v) is 1.52. The molecule has 0 fully saturated rings. The molecule has 80 valence electrons. The van der Waals surface area contributed by atoms with Crippen molar-refractivity contribution in [1.29, 1.82) is 0 Å². The molecule has 1 aromatic carbocycles. The summed E-state index contributed by atoms with van der Waals surface area (Å²) >= 11 is 3.31. The van der Waals surface area contributed by atoms with Gasteiger partial charge in [-0.3, -0.25) is 4.79 Å². The molecule has 0 saturated heterocycles. The van der Waals surface area contributed by atoms with Crippen LogP contribution in [0.2, 0.25) is 0 Å². The summed E-state index contributed by atoms with van der Waals surface area (Å²) < 4.78 is 0.897. The maximum atomic E-state index is 10.9. The Morgan fingerprint density at radius 1 is 1.67 bits per heavy atom. The van der Waals surface area contributed by atoms with E-state index in [4.69, 9.17) is 0 Å². The van der Waals surface area contributed by atoms with Crippen LogP contribution < -0.4 is 5.32 Å². The molecular formula is C11H12BrNO2. The van der Waals surface area contributed by atoms with Crippen molar-refractivity contribution in [3.63, 3.8) is 0 Å². The fourth-order valence-electron chi connectivity index (χ4n) is 1.10. The number of hydrogen-bond donors (Lipinski definition) is 2. The van der Waals surface area contributed by atoms with Gasteiger partial charge in [0, 0.05) is 11.0 Å². The van der Waals surface area contributed by atoms with Crippen LogP contribution in [0.3, 0.4) is 0 Å². The van der Waals surface area contributed by atoms with E-state index in [0.717, 1.165) is 10.0 Å². The lowest BCUT2D eigenvalue weighted by Crippen LogP contribution is -2.26. The van der Waals surface area contributed by atoms with Crippen LogP contribution in [0.4, 0.5) is 0 Å². The number of aliphatic hydroxyl groups excluding tert-OH is 1. The molecule has 1 amide bonds. The number of rotatable bonds is 4. The van der Waals surface area contributed by atoms with E-state index in [1.54, 1.807) is 6.07 Å². The second kappa shape index (κ2) is 5.68. The van der Waals surface area contributed by atoms with E-state index in [-0.39, 0.29) is 12.5 Å². The highest BCUT2D eigenvalue weighted by molar-refractivity contribution is 9.10. The maximum Gasteiger partial charge on any atom is 0.243 e. The van der Waals surface area contributed by atoms with Crippen molar-refractivity contribution >= 4 is 21.8 Å². The van der Waals surface area contributed by atoms with Crippen LogP contribution >= 0.6 is 15.9 Å². The molecular weight excluding hydrogens is 258 g/mol. The summed E-state index contributed by atoms with van der Waals surface area (Å²) in [6.45, 7) is 3.51. The smallest absolute Gasteiger partial charge is 0.243 e. The lowest BCUT2D eigenvalue weighted by molar-refractivity contribution is -0.116. The first-order valence-electron chi connectivity index (χ1n) is 4.47. The third-order valence-electron chi connectivity index (χ3n) is 1.89. The Labute approximate surface area is 96.9 Å². The third-order valence-corrected chi connectivity index (χ3v) is 2.38. The number of hydrogen-bond acceptors (Lipinski definition) is 2. The fraction of sp³-hybridized carbons (Fsp3) is 0.182. The van der Waals surface area contributed by atoms with Gasteiger partial charge in [-0.2, -0.15) is 0 Å². The first-order chi connectivity index (χ1) is 7.13. The molecule has 3 nitrogen and oxygen atoms in total. The average molecular weight is 270 g/mol.